The van der Waals surface area contributed by atoms with Crippen molar-refractivity contribution < 1.29 is 9.59 Å². The Morgan fingerprint density at radius 1 is 1.29 bits per heavy atom. The number of benzene rings is 1. The number of imide groups is 1. The summed E-state index contributed by atoms with van der Waals surface area (Å²) in [5.41, 5.74) is 0. The van der Waals surface area contributed by atoms with Gasteiger partial charge in [-0.25, -0.2) is 4.79 Å². The number of rotatable bonds is 4. The largest absolute Gasteiger partial charge is 0.335 e. The molecule has 0 saturated heterocycles. The van der Waals surface area contributed by atoms with E-state index in [0.717, 1.165) is 30.6 Å². The normalized spacial score (nSPS) is 16.5. The Morgan fingerprint density at radius 3 is 2.62 bits per heavy atom. The van der Waals surface area contributed by atoms with Crippen LogP contribution in [-0.4, -0.2) is 23.2 Å². The van der Waals surface area contributed by atoms with Gasteiger partial charge in [-0.3, -0.25) is 10.1 Å². The Bertz CT molecular complexity index is 518. The molecule has 2 N–H and O–H groups in total. The predicted molar refractivity (Wildman–Crippen MR) is 85.7 cm³/mol. The van der Waals surface area contributed by atoms with Crippen LogP contribution in [0.5, 0.6) is 0 Å². The first kappa shape index (κ1) is 16.2. The molecule has 1 aliphatic rings. The fourth-order valence-electron chi connectivity index (χ4n) is 2.29. The van der Waals surface area contributed by atoms with Crippen LogP contribution in [0.4, 0.5) is 4.79 Å². The lowest BCUT2D eigenvalue weighted by Gasteiger charge is -2.15. The molecule has 2 rings (SSSR count). The van der Waals surface area contributed by atoms with Crippen LogP contribution >= 0.6 is 23.4 Å². The molecule has 0 unspecified atom stereocenters. The van der Waals surface area contributed by atoms with E-state index in [4.69, 9.17) is 11.6 Å². The highest BCUT2D eigenvalue weighted by Gasteiger charge is 2.21. The monoisotopic (exact) mass is 326 g/mol. The summed E-state index contributed by atoms with van der Waals surface area (Å²) in [5, 5.41) is 5.45. The molecule has 0 aromatic heterocycles. The van der Waals surface area contributed by atoms with Crippen LogP contribution in [0.15, 0.2) is 29.2 Å². The van der Waals surface area contributed by atoms with Gasteiger partial charge in [-0.1, -0.05) is 36.6 Å². The van der Waals surface area contributed by atoms with Gasteiger partial charge in [0.25, 0.3) is 0 Å². The van der Waals surface area contributed by atoms with Crippen molar-refractivity contribution in [1.29, 1.82) is 0 Å². The van der Waals surface area contributed by atoms with Crippen LogP contribution < -0.4 is 10.6 Å². The Labute approximate surface area is 134 Å². The molecule has 0 bridgehead atoms. The maximum absolute atomic E-state index is 12.0. The van der Waals surface area contributed by atoms with E-state index in [1.54, 1.807) is 13.0 Å². The average molecular weight is 327 g/mol. The zero-order valence-corrected chi connectivity index (χ0v) is 13.5. The van der Waals surface area contributed by atoms with E-state index in [1.807, 2.05) is 18.2 Å². The summed E-state index contributed by atoms with van der Waals surface area (Å²) in [5.74, 6) is -0.310. The molecule has 4 nitrogen and oxygen atoms in total. The van der Waals surface area contributed by atoms with Crippen molar-refractivity contribution in [2.24, 2.45) is 0 Å². The first-order chi connectivity index (χ1) is 10.1. The van der Waals surface area contributed by atoms with Crippen molar-refractivity contribution in [1.82, 2.24) is 10.6 Å². The number of hydrogen-bond acceptors (Lipinski definition) is 3. The molecule has 0 heterocycles. The van der Waals surface area contributed by atoms with Crippen LogP contribution in [-0.2, 0) is 4.79 Å². The Kier molecular flexibility index (Phi) is 5.94. The van der Waals surface area contributed by atoms with E-state index in [2.05, 4.69) is 10.6 Å². The summed E-state index contributed by atoms with van der Waals surface area (Å²) in [6.07, 6.45) is 4.26. The predicted octanol–water partition coefficient (Wildman–Crippen LogP) is 3.59. The highest BCUT2D eigenvalue weighted by molar-refractivity contribution is 8.00. The number of carbonyl (C=O) groups excluding carboxylic acids is 2. The van der Waals surface area contributed by atoms with E-state index in [0.29, 0.717) is 5.02 Å². The molecule has 1 atom stereocenters. The maximum Gasteiger partial charge on any atom is 0.321 e. The number of amides is 3. The zero-order chi connectivity index (χ0) is 15.2. The summed E-state index contributed by atoms with van der Waals surface area (Å²) < 4.78 is 0. The highest BCUT2D eigenvalue weighted by atomic mass is 35.5. The molecular formula is C15H19ClN2O2S. The summed E-state index contributed by atoms with van der Waals surface area (Å²) in [7, 11) is 0. The van der Waals surface area contributed by atoms with Crippen LogP contribution in [0.25, 0.3) is 0 Å². The molecule has 0 spiro atoms. The molecule has 1 aromatic rings. The van der Waals surface area contributed by atoms with Crippen LogP contribution in [0.2, 0.25) is 5.02 Å². The topological polar surface area (TPSA) is 58.2 Å². The standard InChI is InChI=1S/C15H19ClN2O2S/c1-10(21-13-9-5-4-8-12(13)16)14(19)18-15(20)17-11-6-2-3-7-11/h4-5,8-11H,2-3,6-7H2,1H3,(H2,17,18,19,20)/t10-/m0/s1. The van der Waals surface area contributed by atoms with Gasteiger partial charge in [0, 0.05) is 10.9 Å². The molecule has 0 radical (unpaired) electrons. The van der Waals surface area contributed by atoms with E-state index >= 15 is 0 Å². The molecule has 21 heavy (non-hydrogen) atoms. The number of urea groups is 1. The van der Waals surface area contributed by atoms with E-state index in [-0.39, 0.29) is 17.2 Å². The molecule has 1 saturated carbocycles. The van der Waals surface area contributed by atoms with Gasteiger partial charge >= 0.3 is 6.03 Å². The van der Waals surface area contributed by atoms with Crippen LogP contribution in [0.3, 0.4) is 0 Å². The van der Waals surface area contributed by atoms with E-state index in [1.165, 1.54) is 11.8 Å². The quantitative estimate of drug-likeness (QED) is 0.831. The van der Waals surface area contributed by atoms with Crippen molar-refractivity contribution in [3.05, 3.63) is 29.3 Å². The fraction of sp³-hybridized carbons (Fsp3) is 0.467. The van der Waals surface area contributed by atoms with Gasteiger partial charge in [-0.15, -0.1) is 11.8 Å². The van der Waals surface area contributed by atoms with Crippen molar-refractivity contribution in [3.8, 4) is 0 Å². The van der Waals surface area contributed by atoms with Crippen molar-refractivity contribution in [3.63, 3.8) is 0 Å². The lowest BCUT2D eigenvalue weighted by molar-refractivity contribution is -0.119. The van der Waals surface area contributed by atoms with Crippen molar-refractivity contribution in [2.45, 2.75) is 48.8 Å². The van der Waals surface area contributed by atoms with E-state index < -0.39 is 6.03 Å². The number of nitrogens with one attached hydrogen (secondary N) is 2. The molecule has 6 heteroatoms. The minimum atomic E-state index is -0.404. The summed E-state index contributed by atoms with van der Waals surface area (Å²) in [6, 6.07) is 7.14. The van der Waals surface area contributed by atoms with E-state index in [9.17, 15) is 9.59 Å². The summed E-state index contributed by atoms with van der Waals surface area (Å²) >= 11 is 7.40. The second-order valence-corrected chi connectivity index (χ2v) is 6.92. The molecule has 1 fully saturated rings. The van der Waals surface area contributed by atoms with Gasteiger partial charge in [-0.2, -0.15) is 0 Å². The van der Waals surface area contributed by atoms with Gasteiger partial charge in [0.2, 0.25) is 5.91 Å². The van der Waals surface area contributed by atoms with Gasteiger partial charge in [0.1, 0.15) is 0 Å². The van der Waals surface area contributed by atoms with Gasteiger partial charge in [0.15, 0.2) is 0 Å². The second-order valence-electron chi connectivity index (χ2n) is 5.13. The number of carbonyl (C=O) groups is 2. The first-order valence-corrected chi connectivity index (χ1v) is 8.34. The second kappa shape index (κ2) is 7.71. The Morgan fingerprint density at radius 2 is 1.95 bits per heavy atom. The SMILES string of the molecule is C[C@H](Sc1ccccc1Cl)C(=O)NC(=O)NC1CCCC1. The summed E-state index contributed by atoms with van der Waals surface area (Å²) in [4.78, 5) is 24.6. The van der Waals surface area contributed by atoms with Crippen LogP contribution in [0.1, 0.15) is 32.6 Å². The molecular weight excluding hydrogens is 308 g/mol. The fourth-order valence-corrected chi connectivity index (χ4v) is 3.44. The van der Waals surface area contributed by atoms with Gasteiger partial charge in [0.05, 0.1) is 10.3 Å². The van der Waals surface area contributed by atoms with Gasteiger partial charge in [-0.05, 0) is 31.9 Å². The number of halogens is 1. The first-order valence-electron chi connectivity index (χ1n) is 7.09. The zero-order valence-electron chi connectivity index (χ0n) is 11.9. The molecule has 1 aliphatic carbocycles. The molecule has 114 valence electrons. The Hall–Kier alpha value is -1.20. The molecule has 0 aliphatic heterocycles. The van der Waals surface area contributed by atoms with Gasteiger partial charge < -0.3 is 5.32 Å². The lowest BCUT2D eigenvalue weighted by Crippen LogP contribution is -2.45. The number of hydrogen-bond donors (Lipinski definition) is 2. The molecule has 3 amide bonds. The third-order valence-corrected chi connectivity index (χ3v) is 5.06. The smallest absolute Gasteiger partial charge is 0.321 e. The number of thioether (sulfide) groups is 1. The Balaban J connectivity index is 1.81. The molecule has 1 aromatic carbocycles. The van der Waals surface area contributed by atoms with Crippen molar-refractivity contribution >= 4 is 35.3 Å². The highest BCUT2D eigenvalue weighted by Crippen LogP contribution is 2.29. The summed E-state index contributed by atoms with van der Waals surface area (Å²) in [6.45, 7) is 1.76. The maximum atomic E-state index is 12.0. The van der Waals surface area contributed by atoms with Crippen LogP contribution in [0, 0.1) is 0 Å². The van der Waals surface area contributed by atoms with Crippen molar-refractivity contribution in [2.75, 3.05) is 0 Å². The average Bonchev–Trinajstić information content (AvgIpc) is 2.93. The lowest BCUT2D eigenvalue weighted by atomic mass is 10.2. The minimum absolute atomic E-state index is 0.198. The third kappa shape index (κ3) is 4.93. The third-order valence-electron chi connectivity index (χ3n) is 3.44. The minimum Gasteiger partial charge on any atom is -0.335 e.